The molecule has 0 saturated heterocycles. The molecule has 0 bridgehead atoms. The summed E-state index contributed by atoms with van der Waals surface area (Å²) in [5.41, 5.74) is 0. The Labute approximate surface area is 95.0 Å². The number of carbonyl (C=O) groups excluding carboxylic acids is 1. The van der Waals surface area contributed by atoms with Crippen molar-refractivity contribution in [2.75, 3.05) is 6.54 Å². The predicted octanol–water partition coefficient (Wildman–Crippen LogP) is 3.60. The first-order valence-electron chi connectivity index (χ1n) is 6.40. The van der Waals surface area contributed by atoms with E-state index < -0.39 is 0 Å². The summed E-state index contributed by atoms with van der Waals surface area (Å²) in [5.74, 6) is 0.231. The van der Waals surface area contributed by atoms with E-state index in [4.69, 9.17) is 0 Å². The van der Waals surface area contributed by atoms with Crippen molar-refractivity contribution in [3.05, 3.63) is 0 Å². The fourth-order valence-electron chi connectivity index (χ4n) is 1.88. The van der Waals surface area contributed by atoms with E-state index in [1.807, 2.05) is 4.90 Å². The van der Waals surface area contributed by atoms with Crippen LogP contribution in [-0.2, 0) is 4.79 Å². The Balaban J connectivity index is 3.95. The van der Waals surface area contributed by atoms with Crippen molar-refractivity contribution in [2.45, 2.75) is 72.3 Å². The average Bonchev–Trinajstić information content (AvgIpc) is 2.20. The van der Waals surface area contributed by atoms with E-state index in [0.717, 1.165) is 19.4 Å². The van der Waals surface area contributed by atoms with Crippen LogP contribution in [0.5, 0.6) is 0 Å². The molecule has 0 rings (SSSR count). The van der Waals surface area contributed by atoms with Gasteiger partial charge in [0.25, 0.3) is 0 Å². The summed E-state index contributed by atoms with van der Waals surface area (Å²) in [6.45, 7) is 9.19. The zero-order valence-electron chi connectivity index (χ0n) is 10.9. The van der Waals surface area contributed by atoms with Crippen LogP contribution in [0.4, 0.5) is 0 Å². The molecule has 0 N–H and O–H groups in total. The maximum atomic E-state index is 11.5. The predicted molar refractivity (Wildman–Crippen MR) is 65.9 cm³/mol. The Morgan fingerprint density at radius 2 is 1.73 bits per heavy atom. The number of amides is 1. The van der Waals surface area contributed by atoms with Crippen LogP contribution in [0.15, 0.2) is 0 Å². The molecule has 2 heteroatoms. The van der Waals surface area contributed by atoms with Crippen LogP contribution in [-0.4, -0.2) is 23.4 Å². The van der Waals surface area contributed by atoms with Crippen LogP contribution in [0, 0.1) is 0 Å². The molecule has 0 aliphatic carbocycles. The first-order chi connectivity index (χ1) is 7.13. The number of rotatable bonds is 8. The molecule has 1 amide bonds. The molecule has 0 aromatic heterocycles. The van der Waals surface area contributed by atoms with Crippen LogP contribution < -0.4 is 0 Å². The summed E-state index contributed by atoms with van der Waals surface area (Å²) in [6, 6.07) is 0.416. The van der Waals surface area contributed by atoms with E-state index in [9.17, 15) is 4.79 Å². The van der Waals surface area contributed by atoms with E-state index >= 15 is 0 Å². The van der Waals surface area contributed by atoms with Gasteiger partial charge in [-0.3, -0.25) is 4.79 Å². The van der Waals surface area contributed by atoms with Gasteiger partial charge in [0.2, 0.25) is 5.91 Å². The Morgan fingerprint density at radius 3 is 2.20 bits per heavy atom. The lowest BCUT2D eigenvalue weighted by Crippen LogP contribution is -2.37. The second-order valence-corrected chi connectivity index (χ2v) is 4.41. The number of hydrogen-bond donors (Lipinski definition) is 0. The molecule has 0 aliphatic rings. The lowest BCUT2D eigenvalue weighted by atomic mass is 10.1. The number of carbonyl (C=O) groups is 1. The average molecular weight is 213 g/mol. The molecule has 90 valence electrons. The number of nitrogens with zero attached hydrogens (tertiary/aromatic N) is 1. The van der Waals surface area contributed by atoms with Crippen LogP contribution in [0.3, 0.4) is 0 Å². The molecule has 1 atom stereocenters. The quantitative estimate of drug-likeness (QED) is 0.564. The van der Waals surface area contributed by atoms with Gasteiger partial charge in [-0.2, -0.15) is 0 Å². The minimum absolute atomic E-state index is 0.231. The summed E-state index contributed by atoms with van der Waals surface area (Å²) < 4.78 is 0. The normalized spacial score (nSPS) is 12.5. The third-order valence-electron chi connectivity index (χ3n) is 2.91. The maximum absolute atomic E-state index is 11.5. The van der Waals surface area contributed by atoms with E-state index in [-0.39, 0.29) is 5.91 Å². The van der Waals surface area contributed by atoms with Crippen molar-refractivity contribution in [1.82, 2.24) is 4.90 Å². The highest BCUT2D eigenvalue weighted by molar-refractivity contribution is 5.73. The lowest BCUT2D eigenvalue weighted by molar-refractivity contribution is -0.131. The standard InChI is InChI=1S/C13H27NO/c1-5-7-9-11-14(13(4)15)12(3)10-8-6-2/h12H,5-11H2,1-4H3. The highest BCUT2D eigenvalue weighted by Crippen LogP contribution is 2.10. The van der Waals surface area contributed by atoms with Crippen LogP contribution in [0.2, 0.25) is 0 Å². The molecule has 0 fully saturated rings. The molecule has 0 spiro atoms. The van der Waals surface area contributed by atoms with Gasteiger partial charge in [0.15, 0.2) is 0 Å². The molecule has 15 heavy (non-hydrogen) atoms. The molecule has 0 saturated carbocycles. The summed E-state index contributed by atoms with van der Waals surface area (Å²) in [7, 11) is 0. The zero-order valence-corrected chi connectivity index (χ0v) is 10.9. The Bertz CT molecular complexity index is 168. The number of hydrogen-bond acceptors (Lipinski definition) is 1. The van der Waals surface area contributed by atoms with Gasteiger partial charge >= 0.3 is 0 Å². The van der Waals surface area contributed by atoms with Gasteiger partial charge < -0.3 is 4.90 Å². The fraction of sp³-hybridized carbons (Fsp3) is 0.923. The first kappa shape index (κ1) is 14.5. The first-order valence-corrected chi connectivity index (χ1v) is 6.40. The SMILES string of the molecule is CCCCCN(C(C)=O)C(C)CCCC. The molecule has 0 heterocycles. The maximum Gasteiger partial charge on any atom is 0.219 e. The van der Waals surface area contributed by atoms with Gasteiger partial charge in [0.05, 0.1) is 0 Å². The largest absolute Gasteiger partial charge is 0.340 e. The van der Waals surface area contributed by atoms with Gasteiger partial charge in [-0.15, -0.1) is 0 Å². The van der Waals surface area contributed by atoms with Crippen LogP contribution >= 0.6 is 0 Å². The molecule has 2 nitrogen and oxygen atoms in total. The third-order valence-corrected chi connectivity index (χ3v) is 2.91. The van der Waals surface area contributed by atoms with Gasteiger partial charge in [-0.25, -0.2) is 0 Å². The molecule has 0 aromatic rings. The summed E-state index contributed by atoms with van der Waals surface area (Å²) in [5, 5.41) is 0. The molecular weight excluding hydrogens is 186 g/mol. The van der Waals surface area contributed by atoms with Crippen LogP contribution in [0.25, 0.3) is 0 Å². The van der Waals surface area contributed by atoms with Crippen molar-refractivity contribution in [2.24, 2.45) is 0 Å². The molecule has 0 aromatic carbocycles. The van der Waals surface area contributed by atoms with Gasteiger partial charge in [-0.05, 0) is 19.8 Å². The summed E-state index contributed by atoms with van der Waals surface area (Å²) in [6.07, 6.45) is 7.16. The number of unbranched alkanes of at least 4 members (excludes halogenated alkanes) is 3. The second kappa shape index (κ2) is 8.75. The lowest BCUT2D eigenvalue weighted by Gasteiger charge is -2.28. The third kappa shape index (κ3) is 6.53. The van der Waals surface area contributed by atoms with E-state index in [0.29, 0.717) is 6.04 Å². The van der Waals surface area contributed by atoms with E-state index in [2.05, 4.69) is 20.8 Å². The highest BCUT2D eigenvalue weighted by atomic mass is 16.2. The molecule has 0 aliphatic heterocycles. The summed E-state index contributed by atoms with van der Waals surface area (Å²) >= 11 is 0. The molecular formula is C13H27NO. The van der Waals surface area contributed by atoms with Crippen molar-refractivity contribution in [3.63, 3.8) is 0 Å². The van der Waals surface area contributed by atoms with Crippen molar-refractivity contribution in [3.8, 4) is 0 Å². The van der Waals surface area contributed by atoms with Gasteiger partial charge in [0.1, 0.15) is 0 Å². The van der Waals surface area contributed by atoms with E-state index in [1.54, 1.807) is 6.92 Å². The highest BCUT2D eigenvalue weighted by Gasteiger charge is 2.15. The Morgan fingerprint density at radius 1 is 1.13 bits per heavy atom. The Kier molecular flexibility index (Phi) is 8.44. The van der Waals surface area contributed by atoms with Crippen molar-refractivity contribution < 1.29 is 4.79 Å². The summed E-state index contributed by atoms with van der Waals surface area (Å²) in [4.78, 5) is 13.5. The van der Waals surface area contributed by atoms with Crippen molar-refractivity contribution in [1.29, 1.82) is 0 Å². The second-order valence-electron chi connectivity index (χ2n) is 4.41. The Hall–Kier alpha value is -0.530. The minimum Gasteiger partial charge on any atom is -0.340 e. The minimum atomic E-state index is 0.231. The van der Waals surface area contributed by atoms with Gasteiger partial charge in [-0.1, -0.05) is 39.5 Å². The topological polar surface area (TPSA) is 20.3 Å². The molecule has 0 radical (unpaired) electrons. The smallest absolute Gasteiger partial charge is 0.219 e. The van der Waals surface area contributed by atoms with Gasteiger partial charge in [0, 0.05) is 19.5 Å². The molecule has 1 unspecified atom stereocenters. The van der Waals surface area contributed by atoms with Crippen LogP contribution in [0.1, 0.15) is 66.2 Å². The van der Waals surface area contributed by atoms with Crippen molar-refractivity contribution >= 4 is 5.91 Å². The van der Waals surface area contributed by atoms with E-state index in [1.165, 1.54) is 25.7 Å². The monoisotopic (exact) mass is 213 g/mol. The fourth-order valence-corrected chi connectivity index (χ4v) is 1.88. The zero-order chi connectivity index (χ0) is 11.7.